The molecule has 1 amide bonds. The Bertz CT molecular complexity index is 835. The zero-order chi connectivity index (χ0) is 20.6. The number of halogens is 3. The minimum Gasteiger partial charge on any atom is -0.406 e. The number of nitrogens with one attached hydrogen (secondary N) is 2. The van der Waals surface area contributed by atoms with Crippen molar-refractivity contribution in [3.05, 3.63) is 70.3 Å². The number of benzene rings is 2. The van der Waals surface area contributed by atoms with Gasteiger partial charge in [-0.05, 0) is 35.9 Å². The van der Waals surface area contributed by atoms with E-state index < -0.39 is 11.3 Å². The molecular weight excluding hydrogens is 379 g/mol. The molecule has 0 aromatic heterocycles. The van der Waals surface area contributed by atoms with Crippen LogP contribution in [0.4, 0.5) is 24.5 Å². The van der Waals surface area contributed by atoms with Crippen LogP contribution in [0, 0.1) is 10.1 Å². The van der Waals surface area contributed by atoms with Gasteiger partial charge in [0.1, 0.15) is 5.75 Å². The Morgan fingerprint density at radius 1 is 1.07 bits per heavy atom. The summed E-state index contributed by atoms with van der Waals surface area (Å²) in [5, 5.41) is 16.2. The Kier molecular flexibility index (Phi) is 6.96. The lowest BCUT2D eigenvalue weighted by Crippen LogP contribution is -2.27. The van der Waals surface area contributed by atoms with E-state index in [1.54, 1.807) is 12.1 Å². The summed E-state index contributed by atoms with van der Waals surface area (Å²) >= 11 is 0. The number of non-ortho nitro benzene ring substituents is 1. The minimum atomic E-state index is -4.75. The molecule has 2 aromatic carbocycles. The van der Waals surface area contributed by atoms with Gasteiger partial charge >= 0.3 is 6.36 Å². The highest BCUT2D eigenvalue weighted by molar-refractivity contribution is 5.91. The monoisotopic (exact) mass is 395 g/mol. The molecule has 0 spiro atoms. The number of nitrogens with zero attached hydrogens (tertiary/aromatic N) is 1. The molecule has 2 aromatic rings. The molecule has 0 radical (unpaired) electrons. The highest BCUT2D eigenvalue weighted by Gasteiger charge is 2.30. The second kappa shape index (κ2) is 9.40. The average molecular weight is 395 g/mol. The Morgan fingerprint density at radius 3 is 2.29 bits per heavy atom. The molecular formula is C18H16F3N3O4. The third kappa shape index (κ3) is 7.36. The average Bonchev–Trinajstić information content (AvgIpc) is 2.64. The van der Waals surface area contributed by atoms with Crippen LogP contribution < -0.4 is 15.4 Å². The number of alkyl halides is 3. The quantitative estimate of drug-likeness (QED) is 0.307. The number of amides is 1. The van der Waals surface area contributed by atoms with E-state index in [9.17, 15) is 28.1 Å². The van der Waals surface area contributed by atoms with Gasteiger partial charge in [-0.3, -0.25) is 14.9 Å². The predicted molar refractivity (Wildman–Crippen MR) is 96.8 cm³/mol. The van der Waals surface area contributed by atoms with E-state index >= 15 is 0 Å². The first-order valence-corrected chi connectivity index (χ1v) is 8.03. The maximum absolute atomic E-state index is 12.1. The fourth-order valence-electron chi connectivity index (χ4n) is 2.10. The van der Waals surface area contributed by atoms with Gasteiger partial charge in [0.2, 0.25) is 5.91 Å². The normalized spacial score (nSPS) is 11.2. The van der Waals surface area contributed by atoms with E-state index in [0.29, 0.717) is 24.3 Å². The molecule has 7 nitrogen and oxygen atoms in total. The van der Waals surface area contributed by atoms with E-state index in [1.165, 1.54) is 36.4 Å². The summed E-state index contributed by atoms with van der Waals surface area (Å²) < 4.78 is 40.0. The molecule has 0 fully saturated rings. The summed E-state index contributed by atoms with van der Waals surface area (Å²) in [7, 11) is 0. The van der Waals surface area contributed by atoms with E-state index in [4.69, 9.17) is 0 Å². The van der Waals surface area contributed by atoms with Crippen LogP contribution in [0.3, 0.4) is 0 Å². The number of anilines is 1. The lowest BCUT2D eigenvalue weighted by Gasteiger charge is -2.08. The van der Waals surface area contributed by atoms with Crippen molar-refractivity contribution in [3.63, 3.8) is 0 Å². The molecule has 28 heavy (non-hydrogen) atoms. The standard InChI is InChI=1S/C18H16F3N3O4/c19-18(20,21)28-16-8-1-13(2-9-16)3-10-17(25)23-12-11-22-14-4-6-15(7-5-14)24(26)27/h1-10,22H,11-12H2,(H,23,25)/b10-3+. The summed E-state index contributed by atoms with van der Waals surface area (Å²) in [6, 6.07) is 10.9. The molecule has 0 bridgehead atoms. The Morgan fingerprint density at radius 2 is 1.71 bits per heavy atom. The summed E-state index contributed by atoms with van der Waals surface area (Å²) in [5.74, 6) is -0.715. The molecule has 10 heteroatoms. The van der Waals surface area contributed by atoms with Gasteiger partial charge in [0, 0.05) is 37.0 Å². The largest absolute Gasteiger partial charge is 0.573 e. The minimum absolute atomic E-state index is 0.0120. The fourth-order valence-corrected chi connectivity index (χ4v) is 2.10. The fraction of sp³-hybridized carbons (Fsp3) is 0.167. The number of rotatable bonds is 8. The van der Waals surface area contributed by atoms with Gasteiger partial charge in [-0.15, -0.1) is 13.2 Å². The van der Waals surface area contributed by atoms with Crippen LogP contribution in [0.2, 0.25) is 0 Å². The third-order valence-corrected chi connectivity index (χ3v) is 3.37. The second-order valence-electron chi connectivity index (χ2n) is 5.47. The maximum atomic E-state index is 12.1. The molecule has 0 saturated heterocycles. The summed E-state index contributed by atoms with van der Waals surface area (Å²) in [6.07, 6.45) is -2.04. The molecule has 148 valence electrons. The van der Waals surface area contributed by atoms with Crippen LogP contribution in [0.1, 0.15) is 5.56 Å². The first-order valence-electron chi connectivity index (χ1n) is 8.03. The van der Waals surface area contributed by atoms with Gasteiger partial charge in [0.05, 0.1) is 4.92 Å². The van der Waals surface area contributed by atoms with E-state index in [-0.39, 0.29) is 17.3 Å². The molecule has 0 saturated carbocycles. The molecule has 0 unspecified atom stereocenters. The van der Waals surface area contributed by atoms with Crippen molar-refractivity contribution in [1.29, 1.82) is 0 Å². The molecule has 0 aliphatic carbocycles. The van der Waals surface area contributed by atoms with Gasteiger partial charge < -0.3 is 15.4 Å². The number of nitro benzene ring substituents is 1. The predicted octanol–water partition coefficient (Wildman–Crippen LogP) is 3.73. The zero-order valence-electron chi connectivity index (χ0n) is 14.4. The van der Waals surface area contributed by atoms with Gasteiger partial charge in [-0.25, -0.2) is 0 Å². The highest BCUT2D eigenvalue weighted by atomic mass is 19.4. The molecule has 0 aliphatic heterocycles. The van der Waals surface area contributed by atoms with Gasteiger partial charge in [0.25, 0.3) is 5.69 Å². The van der Waals surface area contributed by atoms with Gasteiger partial charge in [0.15, 0.2) is 0 Å². The number of carbonyl (C=O) groups is 1. The van der Waals surface area contributed by atoms with Crippen molar-refractivity contribution in [2.24, 2.45) is 0 Å². The first kappa shape index (κ1) is 20.7. The third-order valence-electron chi connectivity index (χ3n) is 3.37. The van der Waals surface area contributed by atoms with Crippen molar-refractivity contribution in [1.82, 2.24) is 5.32 Å². The maximum Gasteiger partial charge on any atom is 0.573 e. The van der Waals surface area contributed by atoms with Crippen molar-refractivity contribution >= 4 is 23.4 Å². The Hall–Kier alpha value is -3.56. The second-order valence-corrected chi connectivity index (χ2v) is 5.47. The van der Waals surface area contributed by atoms with Crippen molar-refractivity contribution in [2.45, 2.75) is 6.36 Å². The van der Waals surface area contributed by atoms with Crippen LogP contribution in [-0.4, -0.2) is 30.3 Å². The van der Waals surface area contributed by atoms with Crippen molar-refractivity contribution in [3.8, 4) is 5.75 Å². The van der Waals surface area contributed by atoms with Crippen LogP contribution in [0.25, 0.3) is 6.08 Å². The van der Waals surface area contributed by atoms with Gasteiger partial charge in [-0.2, -0.15) is 0 Å². The van der Waals surface area contributed by atoms with Crippen LogP contribution >= 0.6 is 0 Å². The zero-order valence-corrected chi connectivity index (χ0v) is 14.4. The summed E-state index contributed by atoms with van der Waals surface area (Å²) in [4.78, 5) is 21.8. The van der Waals surface area contributed by atoms with Gasteiger partial charge in [-0.1, -0.05) is 12.1 Å². The Balaban J connectivity index is 1.72. The topological polar surface area (TPSA) is 93.5 Å². The molecule has 0 aliphatic rings. The van der Waals surface area contributed by atoms with E-state index in [1.807, 2.05) is 0 Å². The number of nitro groups is 1. The van der Waals surface area contributed by atoms with Crippen LogP contribution in [0.15, 0.2) is 54.6 Å². The molecule has 2 rings (SSSR count). The van der Waals surface area contributed by atoms with E-state index in [2.05, 4.69) is 15.4 Å². The summed E-state index contributed by atoms with van der Waals surface area (Å²) in [5.41, 5.74) is 1.20. The highest BCUT2D eigenvalue weighted by Crippen LogP contribution is 2.23. The Labute approximate surface area is 158 Å². The number of carbonyl (C=O) groups excluding carboxylic acids is 1. The SMILES string of the molecule is O=C(/C=C/c1ccc(OC(F)(F)F)cc1)NCCNc1ccc([N+](=O)[O-])cc1. The summed E-state index contributed by atoms with van der Waals surface area (Å²) in [6.45, 7) is 0.708. The number of ether oxygens (including phenoxy) is 1. The van der Waals surface area contributed by atoms with Crippen LogP contribution in [-0.2, 0) is 4.79 Å². The molecule has 2 N–H and O–H groups in total. The molecule has 0 atom stereocenters. The van der Waals surface area contributed by atoms with Crippen molar-refractivity contribution in [2.75, 3.05) is 18.4 Å². The first-order chi connectivity index (χ1) is 13.2. The number of hydrogen-bond donors (Lipinski definition) is 2. The smallest absolute Gasteiger partial charge is 0.406 e. The van der Waals surface area contributed by atoms with Crippen LogP contribution in [0.5, 0.6) is 5.75 Å². The van der Waals surface area contributed by atoms with E-state index in [0.717, 1.165) is 12.1 Å². The lowest BCUT2D eigenvalue weighted by atomic mass is 10.2. The number of hydrogen-bond acceptors (Lipinski definition) is 5. The molecule has 0 heterocycles. The lowest BCUT2D eigenvalue weighted by molar-refractivity contribution is -0.384. The van der Waals surface area contributed by atoms with Crippen molar-refractivity contribution < 1.29 is 27.6 Å².